The van der Waals surface area contributed by atoms with Crippen molar-refractivity contribution < 1.29 is 53.4 Å². The Hall–Kier alpha value is 0.793. The Morgan fingerprint density at radius 1 is 1.50 bits per heavy atom. The number of imidazole rings is 1. The predicted octanol–water partition coefficient (Wildman–Crippen LogP) is -5.02. The van der Waals surface area contributed by atoms with Crippen LogP contribution in [-0.2, 0) is 25.9 Å². The summed E-state index contributed by atoms with van der Waals surface area (Å²) in [6, 6.07) is 0. The molecule has 1 aromatic rings. The zero-order valence-electron chi connectivity index (χ0n) is 5.77. The zero-order valence-corrected chi connectivity index (χ0v) is 11.9. The van der Waals surface area contributed by atoms with Crippen molar-refractivity contribution in [1.29, 1.82) is 0 Å². The molecule has 0 aliphatic heterocycles. The fraction of sp³-hybridized carbons (Fsp3) is 0.400. The quantitative estimate of drug-likeness (QED) is 0.516. The Bertz CT molecular complexity index is 132. The summed E-state index contributed by atoms with van der Waals surface area (Å²) in [4.78, 5) is 6.95. The van der Waals surface area contributed by atoms with Gasteiger partial charge in [0.05, 0.1) is 0 Å². The van der Waals surface area contributed by atoms with Gasteiger partial charge in [-0.25, -0.2) is 4.98 Å². The molecule has 0 aliphatic carbocycles. The first-order valence-corrected chi connectivity index (χ1v) is 2.41. The monoisotopic (exact) mass is 318 g/mol. The van der Waals surface area contributed by atoms with E-state index in [2.05, 4.69) is 16.9 Å². The third-order valence-corrected chi connectivity index (χ3v) is 0.890. The van der Waals surface area contributed by atoms with Crippen LogP contribution in [0.25, 0.3) is 0 Å². The molecule has 5 heteroatoms. The molecule has 54 valence electrons. The molecule has 1 aromatic heterocycles. The van der Waals surface area contributed by atoms with E-state index in [9.17, 15) is 0 Å². The van der Waals surface area contributed by atoms with Gasteiger partial charge in [-0.1, -0.05) is 6.92 Å². The minimum absolute atomic E-state index is 0. The molecule has 1 heterocycles. The molecule has 2 nitrogen and oxygen atoms in total. The van der Waals surface area contributed by atoms with Crippen molar-refractivity contribution in [1.82, 2.24) is 9.97 Å². The van der Waals surface area contributed by atoms with E-state index in [1.165, 1.54) is 0 Å². The van der Waals surface area contributed by atoms with Crippen LogP contribution in [0.4, 0.5) is 0 Å². The largest absolute Gasteiger partial charge is 2.00 e. The number of nitrogens with zero attached hydrogens (tertiary/aromatic N) is 1. The van der Waals surface area contributed by atoms with Crippen LogP contribution in [0.3, 0.4) is 0 Å². The van der Waals surface area contributed by atoms with Crippen molar-refractivity contribution in [3.05, 3.63) is 18.2 Å². The van der Waals surface area contributed by atoms with Crippen molar-refractivity contribution in [3.63, 3.8) is 0 Å². The van der Waals surface area contributed by atoms with Crippen LogP contribution >= 0.6 is 0 Å². The van der Waals surface area contributed by atoms with Crippen LogP contribution in [-0.4, -0.2) is 9.97 Å². The van der Waals surface area contributed by atoms with Gasteiger partial charge >= 0.3 is 19.5 Å². The van der Waals surface area contributed by atoms with Crippen LogP contribution in [0, 0.1) is 0 Å². The van der Waals surface area contributed by atoms with Crippen molar-refractivity contribution in [2.75, 3.05) is 0 Å². The fourth-order valence-corrected chi connectivity index (χ4v) is 0.491. The van der Waals surface area contributed by atoms with E-state index in [0.29, 0.717) is 0 Å². The normalized spacial score (nSPS) is 6.50. The Morgan fingerprint density at radius 3 is 2.30 bits per heavy atom. The number of aromatic amines is 1. The number of H-pyrrole nitrogens is 1. The molecule has 10 heavy (non-hydrogen) atoms. The van der Waals surface area contributed by atoms with Gasteiger partial charge in [-0.3, -0.25) is 0 Å². The molecule has 0 aromatic carbocycles. The van der Waals surface area contributed by atoms with Crippen LogP contribution in [0.15, 0.2) is 12.4 Å². The second-order valence-electron chi connectivity index (χ2n) is 1.39. The number of hydrogen-bond acceptors (Lipinski definition) is 1. The SMILES string of the molecule is CCc1ncc[nH]1.[Br-].[Br-].[Zn+2]. The summed E-state index contributed by atoms with van der Waals surface area (Å²) in [7, 11) is 0. The van der Waals surface area contributed by atoms with E-state index in [-0.39, 0.29) is 53.4 Å². The first-order chi connectivity index (χ1) is 3.43. The number of nitrogens with one attached hydrogen (secondary N) is 1. The average molecular weight is 321 g/mol. The van der Waals surface area contributed by atoms with E-state index in [1.54, 1.807) is 6.20 Å². The standard InChI is InChI=1S/C5H8N2.2BrH.Zn/c1-2-5-6-3-4-7-5;;;/h3-4H,2H2,1H3,(H,6,7);2*1H;/q;;;+2/p-2. The second-order valence-corrected chi connectivity index (χ2v) is 1.39. The number of rotatable bonds is 1. The Labute approximate surface area is 94.5 Å². The maximum absolute atomic E-state index is 3.98. The van der Waals surface area contributed by atoms with Crippen molar-refractivity contribution in [3.8, 4) is 0 Å². The maximum atomic E-state index is 3.98. The van der Waals surface area contributed by atoms with E-state index in [1.807, 2.05) is 6.20 Å². The zero-order chi connectivity index (χ0) is 5.11. The Balaban J connectivity index is -0.000000163. The predicted molar refractivity (Wildman–Crippen MR) is 28.0 cm³/mol. The van der Waals surface area contributed by atoms with Crippen molar-refractivity contribution in [2.24, 2.45) is 0 Å². The second kappa shape index (κ2) is 9.79. The van der Waals surface area contributed by atoms with Crippen LogP contribution in [0.2, 0.25) is 0 Å². The third kappa shape index (κ3) is 5.57. The first-order valence-electron chi connectivity index (χ1n) is 2.41. The van der Waals surface area contributed by atoms with Gasteiger partial charge in [0.1, 0.15) is 5.82 Å². The summed E-state index contributed by atoms with van der Waals surface area (Å²) < 4.78 is 0. The Morgan fingerprint density at radius 2 is 2.10 bits per heavy atom. The summed E-state index contributed by atoms with van der Waals surface area (Å²) in [5.41, 5.74) is 0. The third-order valence-electron chi connectivity index (χ3n) is 0.890. The fourth-order valence-electron chi connectivity index (χ4n) is 0.491. The minimum Gasteiger partial charge on any atom is -1.00 e. The summed E-state index contributed by atoms with van der Waals surface area (Å²) >= 11 is 0. The molecule has 0 amide bonds. The number of aromatic nitrogens is 2. The van der Waals surface area contributed by atoms with Gasteiger partial charge in [0.25, 0.3) is 0 Å². The van der Waals surface area contributed by atoms with E-state index < -0.39 is 0 Å². The van der Waals surface area contributed by atoms with Gasteiger partial charge in [0, 0.05) is 18.8 Å². The van der Waals surface area contributed by atoms with Gasteiger partial charge < -0.3 is 38.9 Å². The summed E-state index contributed by atoms with van der Waals surface area (Å²) in [6.07, 6.45) is 4.59. The molecule has 0 saturated heterocycles. The summed E-state index contributed by atoms with van der Waals surface area (Å²) in [5, 5.41) is 0. The molecule has 0 atom stereocenters. The molecular weight excluding hydrogens is 313 g/mol. The molecule has 0 spiro atoms. The molecule has 0 unspecified atom stereocenters. The van der Waals surface area contributed by atoms with Gasteiger partial charge in [0.2, 0.25) is 0 Å². The molecule has 0 fully saturated rings. The van der Waals surface area contributed by atoms with E-state index in [0.717, 1.165) is 12.2 Å². The van der Waals surface area contributed by atoms with Crippen LogP contribution in [0.5, 0.6) is 0 Å². The molecule has 0 aliphatic rings. The number of hydrogen-bond donors (Lipinski definition) is 1. The topological polar surface area (TPSA) is 28.7 Å². The summed E-state index contributed by atoms with van der Waals surface area (Å²) in [6.45, 7) is 2.07. The van der Waals surface area contributed by atoms with Crippen molar-refractivity contribution in [2.45, 2.75) is 13.3 Å². The van der Waals surface area contributed by atoms with Gasteiger partial charge in [-0.2, -0.15) is 0 Å². The molecule has 1 N–H and O–H groups in total. The smallest absolute Gasteiger partial charge is 1.00 e. The average Bonchev–Trinajstić information content (AvgIpc) is 2.14. The van der Waals surface area contributed by atoms with E-state index in [4.69, 9.17) is 0 Å². The Kier molecular flexibility index (Phi) is 16.7. The number of halogens is 2. The van der Waals surface area contributed by atoms with Gasteiger partial charge in [-0.05, 0) is 0 Å². The molecule has 0 saturated carbocycles. The molecule has 0 bridgehead atoms. The minimum atomic E-state index is 0. The summed E-state index contributed by atoms with van der Waals surface area (Å²) in [5.74, 6) is 1.06. The first kappa shape index (κ1) is 17.0. The van der Waals surface area contributed by atoms with Gasteiger partial charge in [-0.15, -0.1) is 0 Å². The maximum Gasteiger partial charge on any atom is 2.00 e. The van der Waals surface area contributed by atoms with Crippen LogP contribution in [0.1, 0.15) is 12.7 Å². The number of aryl methyl sites for hydroxylation is 1. The van der Waals surface area contributed by atoms with Crippen molar-refractivity contribution >= 4 is 0 Å². The van der Waals surface area contributed by atoms with E-state index >= 15 is 0 Å². The molecular formula is C5H8Br2N2Zn. The molecule has 1 rings (SSSR count). The molecule has 0 radical (unpaired) electrons. The van der Waals surface area contributed by atoms with Gasteiger partial charge in [0.15, 0.2) is 0 Å². The van der Waals surface area contributed by atoms with Crippen LogP contribution < -0.4 is 34.0 Å².